The van der Waals surface area contributed by atoms with Gasteiger partial charge in [-0.1, -0.05) is 11.6 Å². The first-order valence-electron chi connectivity index (χ1n) is 5.63. The molecular formula is C12H12ClN3S. The first-order chi connectivity index (χ1) is 8.33. The first-order valence-corrected chi connectivity index (χ1v) is 6.89. The highest BCUT2D eigenvalue weighted by Crippen LogP contribution is 2.35. The Kier molecular flexibility index (Phi) is 2.99. The summed E-state index contributed by atoms with van der Waals surface area (Å²) in [6.07, 6.45) is 5.06. The Balaban J connectivity index is 1.84. The lowest BCUT2D eigenvalue weighted by molar-refractivity contribution is 0.607. The number of hydrogen-bond donors (Lipinski definition) is 1. The predicted octanol–water partition coefficient (Wildman–Crippen LogP) is 3.68. The average molecular weight is 266 g/mol. The zero-order valence-corrected chi connectivity index (χ0v) is 10.8. The SMILES string of the molecule is Clc1cc(NC2CCCc3sccc32)ncn1. The highest BCUT2D eigenvalue weighted by atomic mass is 35.5. The van der Waals surface area contributed by atoms with Crippen molar-refractivity contribution in [2.75, 3.05) is 5.32 Å². The Bertz CT molecular complexity index is 526. The molecule has 2 heterocycles. The molecule has 5 heteroatoms. The van der Waals surface area contributed by atoms with Crippen LogP contribution in [0.5, 0.6) is 0 Å². The normalized spacial score (nSPS) is 18.8. The Hall–Kier alpha value is -1.13. The maximum atomic E-state index is 5.85. The standard InChI is InChI=1S/C12H12ClN3S/c13-11-6-12(15-7-14-11)16-9-2-1-3-10-8(9)4-5-17-10/h4-7,9H,1-3H2,(H,14,15,16). The smallest absolute Gasteiger partial charge is 0.134 e. The van der Waals surface area contributed by atoms with Gasteiger partial charge in [-0.2, -0.15) is 0 Å². The monoisotopic (exact) mass is 265 g/mol. The van der Waals surface area contributed by atoms with Gasteiger partial charge in [-0.25, -0.2) is 9.97 Å². The molecule has 0 radical (unpaired) electrons. The van der Waals surface area contributed by atoms with Crippen LogP contribution in [0.3, 0.4) is 0 Å². The van der Waals surface area contributed by atoms with Gasteiger partial charge < -0.3 is 5.32 Å². The van der Waals surface area contributed by atoms with E-state index in [1.165, 1.54) is 29.6 Å². The van der Waals surface area contributed by atoms with E-state index in [9.17, 15) is 0 Å². The first kappa shape index (κ1) is 11.0. The molecule has 0 amide bonds. The Morgan fingerprint density at radius 1 is 1.41 bits per heavy atom. The number of hydrogen-bond acceptors (Lipinski definition) is 4. The minimum absolute atomic E-state index is 0.357. The molecule has 1 atom stereocenters. The minimum atomic E-state index is 0.357. The molecule has 2 aromatic rings. The maximum absolute atomic E-state index is 5.85. The molecule has 2 aromatic heterocycles. The predicted molar refractivity (Wildman–Crippen MR) is 70.7 cm³/mol. The van der Waals surface area contributed by atoms with Crippen molar-refractivity contribution < 1.29 is 0 Å². The Labute approximate surface area is 109 Å². The molecule has 0 saturated carbocycles. The fraction of sp³-hybridized carbons (Fsp3) is 0.333. The molecule has 0 saturated heterocycles. The van der Waals surface area contributed by atoms with E-state index >= 15 is 0 Å². The quantitative estimate of drug-likeness (QED) is 0.842. The number of aromatic nitrogens is 2. The zero-order chi connectivity index (χ0) is 11.7. The lowest BCUT2D eigenvalue weighted by atomic mass is 9.94. The molecule has 1 aliphatic carbocycles. The minimum Gasteiger partial charge on any atom is -0.363 e. The van der Waals surface area contributed by atoms with E-state index in [1.54, 1.807) is 6.07 Å². The number of rotatable bonds is 2. The van der Waals surface area contributed by atoms with Crippen LogP contribution in [0.1, 0.15) is 29.3 Å². The third-order valence-electron chi connectivity index (χ3n) is 3.01. The molecule has 17 heavy (non-hydrogen) atoms. The number of fused-ring (bicyclic) bond motifs is 1. The van der Waals surface area contributed by atoms with Gasteiger partial charge in [0.25, 0.3) is 0 Å². The summed E-state index contributed by atoms with van der Waals surface area (Å²) in [4.78, 5) is 9.57. The molecule has 0 bridgehead atoms. The van der Waals surface area contributed by atoms with Crippen LogP contribution in [0.4, 0.5) is 5.82 Å². The molecule has 3 nitrogen and oxygen atoms in total. The second kappa shape index (κ2) is 4.63. The van der Waals surface area contributed by atoms with E-state index in [0.29, 0.717) is 11.2 Å². The number of anilines is 1. The van der Waals surface area contributed by atoms with Gasteiger partial charge in [0.15, 0.2) is 0 Å². The lowest BCUT2D eigenvalue weighted by Gasteiger charge is -2.24. The zero-order valence-electron chi connectivity index (χ0n) is 9.19. The number of aryl methyl sites for hydroxylation is 1. The van der Waals surface area contributed by atoms with E-state index in [0.717, 1.165) is 12.2 Å². The van der Waals surface area contributed by atoms with E-state index in [1.807, 2.05) is 11.3 Å². The van der Waals surface area contributed by atoms with E-state index < -0.39 is 0 Å². The van der Waals surface area contributed by atoms with Crippen molar-refractivity contribution >= 4 is 28.8 Å². The summed E-state index contributed by atoms with van der Waals surface area (Å²) in [5.74, 6) is 0.800. The molecule has 1 N–H and O–H groups in total. The Morgan fingerprint density at radius 2 is 2.35 bits per heavy atom. The van der Waals surface area contributed by atoms with Crippen LogP contribution in [-0.2, 0) is 6.42 Å². The lowest BCUT2D eigenvalue weighted by Crippen LogP contribution is -2.16. The largest absolute Gasteiger partial charge is 0.363 e. The number of thiophene rings is 1. The summed E-state index contributed by atoms with van der Waals surface area (Å²) in [5, 5.41) is 6.08. The van der Waals surface area contributed by atoms with E-state index in [2.05, 4.69) is 26.7 Å². The summed E-state index contributed by atoms with van der Waals surface area (Å²) < 4.78 is 0. The van der Waals surface area contributed by atoms with Crippen LogP contribution in [0.2, 0.25) is 5.15 Å². The van der Waals surface area contributed by atoms with Crippen molar-refractivity contribution in [1.29, 1.82) is 0 Å². The van der Waals surface area contributed by atoms with Crippen molar-refractivity contribution in [3.05, 3.63) is 39.4 Å². The number of halogens is 1. The van der Waals surface area contributed by atoms with Crippen molar-refractivity contribution in [2.24, 2.45) is 0 Å². The topological polar surface area (TPSA) is 37.8 Å². The summed E-state index contributed by atoms with van der Waals surface area (Å²) in [6.45, 7) is 0. The maximum Gasteiger partial charge on any atom is 0.134 e. The van der Waals surface area contributed by atoms with E-state index in [4.69, 9.17) is 11.6 Å². The molecule has 0 spiro atoms. The van der Waals surface area contributed by atoms with Crippen molar-refractivity contribution in [1.82, 2.24) is 9.97 Å². The van der Waals surface area contributed by atoms with Gasteiger partial charge in [0.2, 0.25) is 0 Å². The van der Waals surface area contributed by atoms with Crippen LogP contribution in [0.15, 0.2) is 23.8 Å². The van der Waals surface area contributed by atoms with Crippen molar-refractivity contribution in [3.63, 3.8) is 0 Å². The third-order valence-corrected chi connectivity index (χ3v) is 4.21. The second-order valence-electron chi connectivity index (χ2n) is 4.11. The van der Waals surface area contributed by atoms with Crippen molar-refractivity contribution in [3.8, 4) is 0 Å². The summed E-state index contributed by atoms with van der Waals surface area (Å²) in [6, 6.07) is 4.33. The summed E-state index contributed by atoms with van der Waals surface area (Å²) >= 11 is 7.70. The number of nitrogens with one attached hydrogen (secondary N) is 1. The third kappa shape index (κ3) is 2.28. The fourth-order valence-corrected chi connectivity index (χ4v) is 3.36. The molecular weight excluding hydrogens is 254 g/mol. The number of nitrogens with zero attached hydrogens (tertiary/aromatic N) is 2. The highest BCUT2D eigenvalue weighted by Gasteiger charge is 2.21. The molecule has 1 unspecified atom stereocenters. The van der Waals surface area contributed by atoms with Gasteiger partial charge in [0.05, 0.1) is 6.04 Å². The molecule has 88 valence electrons. The van der Waals surface area contributed by atoms with Crippen LogP contribution < -0.4 is 5.32 Å². The van der Waals surface area contributed by atoms with Gasteiger partial charge in [0.1, 0.15) is 17.3 Å². The van der Waals surface area contributed by atoms with E-state index in [-0.39, 0.29) is 0 Å². The van der Waals surface area contributed by atoms with Crippen LogP contribution in [-0.4, -0.2) is 9.97 Å². The van der Waals surface area contributed by atoms with Gasteiger partial charge in [0, 0.05) is 10.9 Å². The molecule has 0 fully saturated rings. The second-order valence-corrected chi connectivity index (χ2v) is 5.50. The van der Waals surface area contributed by atoms with Crippen LogP contribution >= 0.6 is 22.9 Å². The molecule has 0 aromatic carbocycles. The summed E-state index contributed by atoms with van der Waals surface area (Å²) in [5.41, 5.74) is 1.41. The average Bonchev–Trinajstić information content (AvgIpc) is 2.78. The highest BCUT2D eigenvalue weighted by molar-refractivity contribution is 7.10. The fourth-order valence-electron chi connectivity index (χ4n) is 2.23. The Morgan fingerprint density at radius 3 is 3.24 bits per heavy atom. The molecule has 3 rings (SSSR count). The van der Waals surface area contributed by atoms with Gasteiger partial charge in [-0.3, -0.25) is 0 Å². The van der Waals surface area contributed by atoms with Gasteiger partial charge >= 0.3 is 0 Å². The van der Waals surface area contributed by atoms with Crippen LogP contribution in [0, 0.1) is 0 Å². The van der Waals surface area contributed by atoms with Crippen molar-refractivity contribution in [2.45, 2.75) is 25.3 Å². The molecule has 0 aliphatic heterocycles. The van der Waals surface area contributed by atoms with Crippen LogP contribution in [0.25, 0.3) is 0 Å². The molecule has 1 aliphatic rings. The van der Waals surface area contributed by atoms with Gasteiger partial charge in [-0.15, -0.1) is 11.3 Å². The summed E-state index contributed by atoms with van der Waals surface area (Å²) in [7, 11) is 0. The van der Waals surface area contributed by atoms with Gasteiger partial charge in [-0.05, 0) is 36.3 Å².